The Labute approximate surface area is 167 Å². The van der Waals surface area contributed by atoms with Gasteiger partial charge in [0.2, 0.25) is 0 Å². The van der Waals surface area contributed by atoms with Gasteiger partial charge in [0.25, 0.3) is 0 Å². The summed E-state index contributed by atoms with van der Waals surface area (Å²) in [6.07, 6.45) is 3.00. The van der Waals surface area contributed by atoms with Gasteiger partial charge in [0.15, 0.2) is 5.78 Å². The van der Waals surface area contributed by atoms with Crippen LogP contribution in [0.25, 0.3) is 22.3 Å². The highest BCUT2D eigenvalue weighted by molar-refractivity contribution is 5.93. The summed E-state index contributed by atoms with van der Waals surface area (Å²) in [5, 5.41) is 0. The molecule has 0 N–H and O–H groups in total. The lowest BCUT2D eigenvalue weighted by Gasteiger charge is -2.13. The minimum atomic E-state index is -0.593. The maximum Gasteiger partial charge on any atom is 0.188 e. The van der Waals surface area contributed by atoms with Crippen LogP contribution in [0, 0.1) is 0 Å². The van der Waals surface area contributed by atoms with Gasteiger partial charge in [-0.3, -0.25) is 4.79 Å². The first-order chi connectivity index (χ1) is 13.7. The van der Waals surface area contributed by atoms with Crippen LogP contribution in [0.2, 0.25) is 0 Å². The molecular weight excluding hydrogens is 344 g/mol. The molecule has 3 aromatic carbocycles. The monoisotopic (exact) mass is 370 g/mol. The fourth-order valence-electron chi connectivity index (χ4n) is 3.38. The van der Waals surface area contributed by atoms with E-state index in [0.29, 0.717) is 0 Å². The maximum atomic E-state index is 11.9. The van der Waals surface area contributed by atoms with Crippen molar-refractivity contribution in [1.29, 1.82) is 0 Å². The average Bonchev–Trinajstić information content (AvgIpc) is 2.75. The van der Waals surface area contributed by atoms with Crippen molar-refractivity contribution in [3.05, 3.63) is 96.6 Å². The normalized spacial score (nSPS) is 11.8. The predicted octanol–water partition coefficient (Wildman–Crippen LogP) is 6.42. The number of ketones is 1. The smallest absolute Gasteiger partial charge is 0.188 e. The van der Waals surface area contributed by atoms with Gasteiger partial charge >= 0.3 is 0 Å². The van der Waals surface area contributed by atoms with Crippen LogP contribution in [-0.4, -0.2) is 12.9 Å². The second-order valence-corrected chi connectivity index (χ2v) is 6.87. The van der Waals surface area contributed by atoms with Gasteiger partial charge in [-0.15, -0.1) is 0 Å². The van der Waals surface area contributed by atoms with Crippen LogP contribution in [0.3, 0.4) is 0 Å². The fourth-order valence-corrected chi connectivity index (χ4v) is 3.38. The SMILES string of the molecule is C=CC(=O)C(OC)c1ccc(-c2ccc(-c3ccc(CCC)cc3)cc2)cc1. The van der Waals surface area contributed by atoms with Crippen molar-refractivity contribution in [3.8, 4) is 22.3 Å². The minimum Gasteiger partial charge on any atom is -0.369 e. The second-order valence-electron chi connectivity index (χ2n) is 6.87. The molecule has 142 valence electrons. The summed E-state index contributed by atoms with van der Waals surface area (Å²) in [7, 11) is 1.54. The summed E-state index contributed by atoms with van der Waals surface area (Å²) in [4.78, 5) is 11.9. The van der Waals surface area contributed by atoms with Crippen LogP contribution in [0.1, 0.15) is 30.6 Å². The summed E-state index contributed by atoms with van der Waals surface area (Å²) < 4.78 is 5.30. The molecule has 0 bridgehead atoms. The van der Waals surface area contributed by atoms with Crippen molar-refractivity contribution in [2.45, 2.75) is 25.9 Å². The van der Waals surface area contributed by atoms with Crippen LogP contribution >= 0.6 is 0 Å². The molecule has 0 saturated carbocycles. The third-order valence-corrected chi connectivity index (χ3v) is 4.95. The molecule has 0 aliphatic rings. The van der Waals surface area contributed by atoms with Gasteiger partial charge < -0.3 is 4.74 Å². The van der Waals surface area contributed by atoms with Crippen LogP contribution in [0.15, 0.2) is 85.5 Å². The van der Waals surface area contributed by atoms with Gasteiger partial charge in [0.05, 0.1) is 0 Å². The van der Waals surface area contributed by atoms with E-state index >= 15 is 0 Å². The summed E-state index contributed by atoms with van der Waals surface area (Å²) in [5.41, 5.74) is 6.90. The van der Waals surface area contributed by atoms with Gasteiger partial charge in [-0.1, -0.05) is 92.7 Å². The van der Waals surface area contributed by atoms with Crippen molar-refractivity contribution in [2.24, 2.45) is 0 Å². The fraction of sp³-hybridized carbons (Fsp3) is 0.192. The van der Waals surface area contributed by atoms with Crippen molar-refractivity contribution in [2.75, 3.05) is 7.11 Å². The van der Waals surface area contributed by atoms with E-state index in [4.69, 9.17) is 4.74 Å². The van der Waals surface area contributed by atoms with Crippen LogP contribution < -0.4 is 0 Å². The third kappa shape index (κ3) is 4.47. The van der Waals surface area contributed by atoms with E-state index in [9.17, 15) is 4.79 Å². The quantitative estimate of drug-likeness (QED) is 0.428. The zero-order chi connectivity index (χ0) is 19.9. The molecule has 3 aromatic rings. The first-order valence-electron chi connectivity index (χ1n) is 9.65. The molecule has 0 radical (unpaired) electrons. The summed E-state index contributed by atoms with van der Waals surface area (Å²) in [5.74, 6) is -0.135. The Morgan fingerprint density at radius 2 is 1.29 bits per heavy atom. The van der Waals surface area contributed by atoms with Gasteiger partial charge in [0.1, 0.15) is 6.10 Å². The maximum absolute atomic E-state index is 11.9. The number of methoxy groups -OCH3 is 1. The molecule has 1 atom stereocenters. The lowest BCUT2D eigenvalue weighted by Crippen LogP contribution is -2.11. The molecular formula is C26H26O2. The van der Waals surface area contributed by atoms with E-state index in [1.165, 1.54) is 36.3 Å². The van der Waals surface area contributed by atoms with E-state index in [2.05, 4.69) is 62.0 Å². The molecule has 0 spiro atoms. The molecule has 0 saturated heterocycles. The summed E-state index contributed by atoms with van der Waals surface area (Å²) in [6, 6.07) is 25.3. The lowest BCUT2D eigenvalue weighted by atomic mass is 9.97. The number of hydrogen-bond donors (Lipinski definition) is 0. The number of carbonyl (C=O) groups excluding carboxylic acids is 1. The first-order valence-corrected chi connectivity index (χ1v) is 9.65. The molecule has 0 aromatic heterocycles. The largest absolute Gasteiger partial charge is 0.369 e. The lowest BCUT2D eigenvalue weighted by molar-refractivity contribution is -0.124. The van der Waals surface area contributed by atoms with E-state index in [1.807, 2.05) is 24.3 Å². The predicted molar refractivity (Wildman–Crippen MR) is 116 cm³/mol. The molecule has 2 nitrogen and oxygen atoms in total. The van der Waals surface area contributed by atoms with Crippen molar-refractivity contribution >= 4 is 5.78 Å². The van der Waals surface area contributed by atoms with Gasteiger partial charge in [-0.05, 0) is 45.9 Å². The highest BCUT2D eigenvalue weighted by atomic mass is 16.5. The topological polar surface area (TPSA) is 26.3 Å². The van der Waals surface area contributed by atoms with Crippen LogP contribution in [0.5, 0.6) is 0 Å². The van der Waals surface area contributed by atoms with Gasteiger partial charge in [-0.25, -0.2) is 0 Å². The second kappa shape index (κ2) is 9.29. The Morgan fingerprint density at radius 3 is 1.68 bits per heavy atom. The zero-order valence-electron chi connectivity index (χ0n) is 16.5. The number of hydrogen-bond acceptors (Lipinski definition) is 2. The molecule has 0 amide bonds. The number of rotatable bonds is 8. The Balaban J connectivity index is 1.77. The molecule has 1 unspecified atom stereocenters. The number of aryl methyl sites for hydroxylation is 1. The zero-order valence-corrected chi connectivity index (χ0v) is 16.5. The Bertz CT molecular complexity index is 920. The van der Waals surface area contributed by atoms with Crippen LogP contribution in [0.4, 0.5) is 0 Å². The number of benzene rings is 3. The average molecular weight is 370 g/mol. The highest BCUT2D eigenvalue weighted by Gasteiger charge is 2.16. The standard InChI is InChI=1S/C26H26O2/c1-4-6-19-7-9-20(10-8-19)21-11-13-22(14-12-21)23-15-17-24(18-16-23)26(28-3)25(27)5-2/h5,7-18,26H,2,4,6H2,1,3H3. The number of carbonyl (C=O) groups is 1. The molecule has 0 aliphatic heterocycles. The Morgan fingerprint density at radius 1 is 0.857 bits per heavy atom. The third-order valence-electron chi connectivity index (χ3n) is 4.95. The summed E-state index contributed by atoms with van der Waals surface area (Å²) in [6.45, 7) is 5.74. The van der Waals surface area contributed by atoms with E-state index < -0.39 is 6.10 Å². The minimum absolute atomic E-state index is 0.135. The number of ether oxygens (including phenoxy) is 1. The Kier molecular flexibility index (Phi) is 6.57. The molecule has 0 aliphatic carbocycles. The van der Waals surface area contributed by atoms with E-state index in [1.54, 1.807) is 0 Å². The summed E-state index contributed by atoms with van der Waals surface area (Å²) >= 11 is 0. The van der Waals surface area contributed by atoms with Crippen LogP contribution in [-0.2, 0) is 16.0 Å². The highest BCUT2D eigenvalue weighted by Crippen LogP contribution is 2.27. The van der Waals surface area contributed by atoms with E-state index in [0.717, 1.165) is 23.1 Å². The van der Waals surface area contributed by atoms with Crippen molar-refractivity contribution in [3.63, 3.8) is 0 Å². The Hall–Kier alpha value is -2.97. The molecule has 3 rings (SSSR count). The van der Waals surface area contributed by atoms with Crippen molar-refractivity contribution < 1.29 is 9.53 Å². The first kappa shape index (κ1) is 19.8. The van der Waals surface area contributed by atoms with Gasteiger partial charge in [0, 0.05) is 7.11 Å². The molecule has 28 heavy (non-hydrogen) atoms. The molecule has 0 heterocycles. The molecule has 0 fully saturated rings. The van der Waals surface area contributed by atoms with Crippen molar-refractivity contribution in [1.82, 2.24) is 0 Å². The van der Waals surface area contributed by atoms with E-state index in [-0.39, 0.29) is 5.78 Å². The molecule has 2 heteroatoms. The van der Waals surface area contributed by atoms with Gasteiger partial charge in [-0.2, -0.15) is 0 Å².